The number of carbonyl (C=O) groups is 1. The van der Waals surface area contributed by atoms with Crippen molar-refractivity contribution in [2.24, 2.45) is 0 Å². The summed E-state index contributed by atoms with van der Waals surface area (Å²) >= 11 is 0. The molecule has 3 aromatic rings. The summed E-state index contributed by atoms with van der Waals surface area (Å²) < 4.78 is 0. The van der Waals surface area contributed by atoms with Crippen molar-refractivity contribution in [3.05, 3.63) is 108 Å². The predicted molar refractivity (Wildman–Crippen MR) is 114 cm³/mol. The minimum absolute atomic E-state index is 0.201. The Morgan fingerprint density at radius 3 is 1.48 bits per heavy atom. The van der Waals surface area contributed by atoms with E-state index in [2.05, 4.69) is 91.0 Å². The molecule has 0 aliphatic carbocycles. The summed E-state index contributed by atoms with van der Waals surface area (Å²) in [5, 5.41) is 8.71. The fourth-order valence-corrected chi connectivity index (χ4v) is 5.46. The molecule has 0 fully saturated rings. The first-order valence-corrected chi connectivity index (χ1v) is 10.6. The van der Waals surface area contributed by atoms with Crippen LogP contribution < -0.4 is 0 Å². The van der Waals surface area contributed by atoms with Crippen molar-refractivity contribution < 1.29 is 9.90 Å². The maximum absolute atomic E-state index is 10.8. The van der Waals surface area contributed by atoms with Crippen LogP contribution in [-0.2, 0) is 9.95 Å². The second-order valence-corrected chi connectivity index (χ2v) is 8.23. The van der Waals surface area contributed by atoms with Crippen LogP contribution in [0, 0.1) is 0 Å². The van der Waals surface area contributed by atoms with Crippen LogP contribution >= 0.6 is 8.58 Å². The van der Waals surface area contributed by atoms with Crippen LogP contribution in [0.3, 0.4) is 0 Å². The third-order valence-corrected chi connectivity index (χ3v) is 6.83. The molecule has 27 heavy (non-hydrogen) atoms. The molecule has 2 nitrogen and oxygen atoms in total. The summed E-state index contributed by atoms with van der Waals surface area (Å²) in [7, 11) is 0.636. The summed E-state index contributed by atoms with van der Waals surface area (Å²) in [5.41, 5.74) is 3.87. The van der Waals surface area contributed by atoms with Gasteiger partial charge in [0.25, 0.3) is 0 Å². The summed E-state index contributed by atoms with van der Waals surface area (Å²) in [4.78, 5) is 10.8. The van der Waals surface area contributed by atoms with Gasteiger partial charge in [0.1, 0.15) is 0 Å². The maximum atomic E-state index is 10.8. The van der Waals surface area contributed by atoms with Crippen molar-refractivity contribution in [2.75, 3.05) is 6.16 Å². The molecule has 0 aliphatic heterocycles. The minimum Gasteiger partial charge on any atom is -0.481 e. The van der Waals surface area contributed by atoms with E-state index in [1.165, 1.54) is 16.7 Å². The molecule has 3 rings (SSSR count). The van der Waals surface area contributed by atoms with E-state index in [-0.39, 0.29) is 11.6 Å². The smallest absolute Gasteiger partial charge is 0.303 e. The van der Waals surface area contributed by atoms with Gasteiger partial charge in [-0.1, -0.05) is 91.0 Å². The first-order valence-electron chi connectivity index (χ1n) is 9.37. The monoisotopic (exact) mass is 376 g/mol. The molecule has 0 amide bonds. The van der Waals surface area contributed by atoms with E-state index in [0.717, 1.165) is 19.0 Å². The summed E-state index contributed by atoms with van der Waals surface area (Å²) in [6, 6.07) is 32.1. The Kier molecular flexibility index (Phi) is 6.79. The third-order valence-electron chi connectivity index (χ3n) is 4.83. The average Bonchev–Trinajstić information content (AvgIpc) is 2.73. The molecule has 1 N–H and O–H groups in total. The summed E-state index contributed by atoms with van der Waals surface area (Å²) in [6.45, 7) is 0. The Labute approximate surface area is 163 Å². The molecule has 0 saturated heterocycles. The maximum Gasteiger partial charge on any atom is 0.303 e. The van der Waals surface area contributed by atoms with Crippen molar-refractivity contribution in [1.29, 1.82) is 0 Å². The molecule has 1 atom stereocenters. The Bertz CT molecular complexity index is 735. The molecule has 3 aromatic carbocycles. The zero-order chi connectivity index (χ0) is 19.0. The molecule has 3 heteroatoms. The molecule has 0 radical (unpaired) electrons. The van der Waals surface area contributed by atoms with E-state index >= 15 is 0 Å². The number of aliphatic carboxylic acids is 1. The number of unbranched alkanes of at least 4 members (excludes halogenated alkanes) is 1. The first-order chi connectivity index (χ1) is 13.2. The highest BCUT2D eigenvalue weighted by Crippen LogP contribution is 2.52. The minimum atomic E-state index is -0.709. The van der Waals surface area contributed by atoms with Gasteiger partial charge in [0.2, 0.25) is 0 Å². The van der Waals surface area contributed by atoms with Gasteiger partial charge >= 0.3 is 5.97 Å². The molecule has 0 aliphatic rings. The van der Waals surface area contributed by atoms with E-state index in [9.17, 15) is 4.79 Å². The van der Waals surface area contributed by atoms with Crippen LogP contribution in [0.25, 0.3) is 0 Å². The van der Waals surface area contributed by atoms with Crippen molar-refractivity contribution >= 4 is 14.6 Å². The highest BCUT2D eigenvalue weighted by molar-refractivity contribution is 7.40. The van der Waals surface area contributed by atoms with Gasteiger partial charge in [-0.05, 0) is 35.7 Å². The second-order valence-electron chi connectivity index (χ2n) is 6.63. The van der Waals surface area contributed by atoms with Crippen LogP contribution in [0.1, 0.15) is 36.0 Å². The van der Waals surface area contributed by atoms with Gasteiger partial charge in [-0.2, -0.15) is 0 Å². The van der Waals surface area contributed by atoms with Crippen LogP contribution in [0.5, 0.6) is 0 Å². The van der Waals surface area contributed by atoms with Crippen LogP contribution in [0.4, 0.5) is 0 Å². The van der Waals surface area contributed by atoms with Crippen molar-refractivity contribution in [1.82, 2.24) is 0 Å². The van der Waals surface area contributed by atoms with Crippen molar-refractivity contribution in [3.63, 3.8) is 0 Å². The lowest BCUT2D eigenvalue weighted by Crippen LogP contribution is -2.24. The highest BCUT2D eigenvalue weighted by Gasteiger charge is 2.35. The van der Waals surface area contributed by atoms with E-state index in [1.807, 2.05) is 0 Å². The number of benzene rings is 3. The zero-order valence-corrected chi connectivity index (χ0v) is 16.3. The van der Waals surface area contributed by atoms with Crippen molar-refractivity contribution in [3.8, 4) is 0 Å². The number of carboxylic acids is 1. The lowest BCUT2D eigenvalue weighted by atomic mass is 9.84. The molecule has 0 aromatic heterocycles. The Morgan fingerprint density at radius 1 is 0.704 bits per heavy atom. The van der Waals surface area contributed by atoms with Gasteiger partial charge in [0, 0.05) is 6.42 Å². The molecular weight excluding hydrogens is 351 g/mol. The summed E-state index contributed by atoms with van der Waals surface area (Å²) in [6.07, 6.45) is 2.92. The fraction of sp³-hybridized carbons (Fsp3) is 0.208. The topological polar surface area (TPSA) is 37.3 Å². The number of hydrogen-bond donors (Lipinski definition) is 1. The van der Waals surface area contributed by atoms with Gasteiger partial charge in [-0.3, -0.25) is 4.79 Å². The quantitative estimate of drug-likeness (QED) is 0.286. The van der Waals surface area contributed by atoms with E-state index in [4.69, 9.17) is 5.11 Å². The molecule has 0 heterocycles. The van der Waals surface area contributed by atoms with E-state index in [0.29, 0.717) is 8.58 Å². The summed E-state index contributed by atoms with van der Waals surface area (Å²) in [5.74, 6) is -0.709. The van der Waals surface area contributed by atoms with Crippen LogP contribution in [-0.4, -0.2) is 17.2 Å². The van der Waals surface area contributed by atoms with Crippen LogP contribution in [0.2, 0.25) is 0 Å². The van der Waals surface area contributed by atoms with Gasteiger partial charge in [-0.25, -0.2) is 0 Å². The predicted octanol–water partition coefficient (Wildman–Crippen LogP) is 5.91. The molecule has 0 spiro atoms. The van der Waals surface area contributed by atoms with Crippen molar-refractivity contribution in [2.45, 2.75) is 24.4 Å². The average molecular weight is 376 g/mol. The number of hydrogen-bond acceptors (Lipinski definition) is 1. The Morgan fingerprint density at radius 2 is 1.11 bits per heavy atom. The van der Waals surface area contributed by atoms with E-state index < -0.39 is 5.97 Å². The molecule has 138 valence electrons. The largest absolute Gasteiger partial charge is 0.481 e. The zero-order valence-electron chi connectivity index (χ0n) is 15.3. The van der Waals surface area contributed by atoms with E-state index in [1.54, 1.807) is 0 Å². The lowest BCUT2D eigenvalue weighted by molar-refractivity contribution is -0.137. The number of rotatable bonds is 9. The molecule has 0 bridgehead atoms. The van der Waals surface area contributed by atoms with Crippen LogP contribution in [0.15, 0.2) is 91.0 Å². The Hall–Kier alpha value is -2.44. The third kappa shape index (κ3) is 4.64. The number of carboxylic acid groups (broad SMARTS) is 1. The molecule has 0 saturated carbocycles. The normalized spacial score (nSPS) is 11.7. The molecular formula is C24H25O2P. The first kappa shape index (κ1) is 19.3. The van der Waals surface area contributed by atoms with Gasteiger partial charge in [0.15, 0.2) is 0 Å². The highest BCUT2D eigenvalue weighted by atomic mass is 31.1. The Balaban J connectivity index is 2.02. The molecule has 1 unspecified atom stereocenters. The van der Waals surface area contributed by atoms with Gasteiger partial charge in [-0.15, -0.1) is 8.58 Å². The standard InChI is InChI=1S/C24H25O2P/c25-23(26)18-10-11-19-27-24(20-12-4-1-5-13-20,21-14-6-2-7-15-21)22-16-8-3-9-17-22/h1-9,12-17,27H,10-11,18-19H2,(H,25,26). The lowest BCUT2D eigenvalue weighted by Gasteiger charge is -2.36. The van der Waals surface area contributed by atoms with Gasteiger partial charge in [0.05, 0.1) is 5.16 Å². The second kappa shape index (κ2) is 9.48. The SMILES string of the molecule is O=C(O)CCCCPC(c1ccccc1)(c1ccccc1)c1ccccc1. The van der Waals surface area contributed by atoms with Gasteiger partial charge < -0.3 is 5.11 Å². The fourth-order valence-electron chi connectivity index (χ4n) is 3.55.